The highest BCUT2D eigenvalue weighted by atomic mass is 16.5. The van der Waals surface area contributed by atoms with Crippen LogP contribution in [0.4, 0.5) is 0 Å². The van der Waals surface area contributed by atoms with Gasteiger partial charge in [0.1, 0.15) is 5.75 Å². The van der Waals surface area contributed by atoms with Crippen molar-refractivity contribution in [2.24, 2.45) is 0 Å². The number of nitrogens with one attached hydrogen (secondary N) is 1. The van der Waals surface area contributed by atoms with Crippen LogP contribution >= 0.6 is 0 Å². The highest BCUT2D eigenvalue weighted by molar-refractivity contribution is 5.84. The van der Waals surface area contributed by atoms with Crippen LogP contribution in [0, 0.1) is 0 Å². The first-order valence-electron chi connectivity index (χ1n) is 7.34. The molecule has 20 heavy (non-hydrogen) atoms. The Kier molecular flexibility index (Phi) is 5.24. The molecule has 1 aromatic carbocycles. The number of ether oxygens (including phenoxy) is 1. The number of hydrogen-bond donors (Lipinski definition) is 1. The van der Waals surface area contributed by atoms with Crippen molar-refractivity contribution in [1.82, 2.24) is 9.88 Å². The van der Waals surface area contributed by atoms with Crippen molar-refractivity contribution in [2.75, 3.05) is 26.2 Å². The fraction of sp³-hybridized carbons (Fsp3) is 0.412. The Morgan fingerprint density at radius 1 is 1.35 bits per heavy atom. The molecule has 2 rings (SSSR count). The van der Waals surface area contributed by atoms with E-state index < -0.39 is 0 Å². The number of fused-ring (bicyclic) bond motifs is 1. The number of hydrogen-bond acceptors (Lipinski definition) is 2. The molecular weight excluding hydrogens is 248 g/mol. The van der Waals surface area contributed by atoms with Crippen LogP contribution < -0.4 is 4.74 Å². The summed E-state index contributed by atoms with van der Waals surface area (Å²) in [5, 5.41) is 1.27. The van der Waals surface area contributed by atoms with E-state index in [1.165, 1.54) is 16.5 Å². The van der Waals surface area contributed by atoms with Gasteiger partial charge in [0.25, 0.3) is 0 Å². The van der Waals surface area contributed by atoms with Crippen LogP contribution in [0.3, 0.4) is 0 Å². The molecule has 3 heteroatoms. The summed E-state index contributed by atoms with van der Waals surface area (Å²) in [6.45, 7) is 11.8. The molecule has 108 valence electrons. The molecule has 1 heterocycles. The highest BCUT2D eigenvalue weighted by Crippen LogP contribution is 2.24. The molecule has 0 saturated carbocycles. The SMILES string of the molecule is C=CCN(CC)CCc1c[nH]c2ccc(OCC)cc12. The summed E-state index contributed by atoms with van der Waals surface area (Å²) in [6, 6.07) is 6.24. The van der Waals surface area contributed by atoms with Gasteiger partial charge in [0.05, 0.1) is 6.61 Å². The van der Waals surface area contributed by atoms with Crippen LogP contribution in [0.1, 0.15) is 19.4 Å². The van der Waals surface area contributed by atoms with Crippen LogP contribution in [-0.4, -0.2) is 36.1 Å². The summed E-state index contributed by atoms with van der Waals surface area (Å²) in [5.41, 5.74) is 2.53. The summed E-state index contributed by atoms with van der Waals surface area (Å²) >= 11 is 0. The number of benzene rings is 1. The van der Waals surface area contributed by atoms with E-state index in [2.05, 4.69) is 41.7 Å². The van der Waals surface area contributed by atoms with Crippen molar-refractivity contribution in [2.45, 2.75) is 20.3 Å². The van der Waals surface area contributed by atoms with Crippen molar-refractivity contribution in [3.8, 4) is 5.75 Å². The van der Waals surface area contributed by atoms with Crippen LogP contribution in [-0.2, 0) is 6.42 Å². The Hall–Kier alpha value is -1.74. The second kappa shape index (κ2) is 7.15. The fourth-order valence-electron chi connectivity index (χ4n) is 2.46. The zero-order valence-electron chi connectivity index (χ0n) is 12.5. The molecule has 0 aliphatic heterocycles. The smallest absolute Gasteiger partial charge is 0.120 e. The Bertz CT molecular complexity index is 559. The standard InChI is InChI=1S/C17H24N2O/c1-4-10-19(5-2)11-9-14-13-18-17-8-7-15(20-6-3)12-16(14)17/h4,7-8,12-13,18H,1,5-6,9-11H2,2-3H3. The van der Waals surface area contributed by atoms with Gasteiger partial charge < -0.3 is 9.72 Å². The summed E-state index contributed by atoms with van der Waals surface area (Å²) < 4.78 is 5.59. The minimum atomic E-state index is 0.703. The lowest BCUT2D eigenvalue weighted by Gasteiger charge is -2.17. The predicted octanol–water partition coefficient (Wildman–Crippen LogP) is 3.62. The molecule has 2 aromatic rings. The number of aromatic amines is 1. The van der Waals surface area contributed by atoms with Gasteiger partial charge in [-0.1, -0.05) is 13.0 Å². The number of nitrogens with zero attached hydrogens (tertiary/aromatic N) is 1. The van der Waals surface area contributed by atoms with Gasteiger partial charge in [-0.2, -0.15) is 0 Å². The molecule has 0 fully saturated rings. The van der Waals surface area contributed by atoms with Gasteiger partial charge in [0.15, 0.2) is 0 Å². The van der Waals surface area contributed by atoms with E-state index in [4.69, 9.17) is 4.74 Å². The zero-order valence-corrected chi connectivity index (χ0v) is 12.5. The van der Waals surface area contributed by atoms with E-state index in [1.807, 2.05) is 19.1 Å². The topological polar surface area (TPSA) is 28.3 Å². The van der Waals surface area contributed by atoms with E-state index >= 15 is 0 Å². The second-order valence-corrected chi connectivity index (χ2v) is 4.89. The van der Waals surface area contributed by atoms with E-state index in [9.17, 15) is 0 Å². The molecule has 0 bridgehead atoms. The monoisotopic (exact) mass is 272 g/mol. The lowest BCUT2D eigenvalue weighted by Crippen LogP contribution is -2.25. The summed E-state index contributed by atoms with van der Waals surface area (Å²) in [7, 11) is 0. The van der Waals surface area contributed by atoms with Crippen LogP contribution in [0.2, 0.25) is 0 Å². The first-order valence-corrected chi connectivity index (χ1v) is 7.34. The van der Waals surface area contributed by atoms with E-state index in [1.54, 1.807) is 0 Å². The van der Waals surface area contributed by atoms with Crippen molar-refractivity contribution >= 4 is 10.9 Å². The van der Waals surface area contributed by atoms with Gasteiger partial charge >= 0.3 is 0 Å². The Morgan fingerprint density at radius 2 is 2.20 bits per heavy atom. The summed E-state index contributed by atoms with van der Waals surface area (Å²) in [4.78, 5) is 5.72. The maximum atomic E-state index is 5.59. The van der Waals surface area contributed by atoms with Crippen LogP contribution in [0.5, 0.6) is 5.75 Å². The second-order valence-electron chi connectivity index (χ2n) is 4.89. The molecule has 0 saturated heterocycles. The molecule has 0 unspecified atom stereocenters. The third kappa shape index (κ3) is 3.42. The molecule has 0 aliphatic rings. The van der Waals surface area contributed by atoms with Crippen molar-refractivity contribution < 1.29 is 4.74 Å². The van der Waals surface area contributed by atoms with Crippen LogP contribution in [0.15, 0.2) is 37.1 Å². The maximum Gasteiger partial charge on any atom is 0.120 e. The first-order chi connectivity index (χ1) is 9.78. The highest BCUT2D eigenvalue weighted by Gasteiger charge is 2.07. The minimum Gasteiger partial charge on any atom is -0.494 e. The largest absolute Gasteiger partial charge is 0.494 e. The lowest BCUT2D eigenvalue weighted by molar-refractivity contribution is 0.324. The molecule has 0 atom stereocenters. The summed E-state index contributed by atoms with van der Waals surface area (Å²) in [6.07, 6.45) is 5.12. The number of H-pyrrole nitrogens is 1. The van der Waals surface area contributed by atoms with E-state index in [-0.39, 0.29) is 0 Å². The Balaban J connectivity index is 2.12. The van der Waals surface area contributed by atoms with Gasteiger partial charge in [0, 0.05) is 30.2 Å². The molecule has 3 nitrogen and oxygen atoms in total. The Labute approximate surface area is 121 Å². The minimum absolute atomic E-state index is 0.703. The molecule has 0 radical (unpaired) electrons. The average Bonchev–Trinajstić information content (AvgIpc) is 2.86. The predicted molar refractivity (Wildman–Crippen MR) is 85.5 cm³/mol. The van der Waals surface area contributed by atoms with Gasteiger partial charge in [-0.15, -0.1) is 6.58 Å². The molecule has 1 aromatic heterocycles. The van der Waals surface area contributed by atoms with E-state index in [0.29, 0.717) is 6.61 Å². The third-order valence-corrected chi connectivity index (χ3v) is 3.58. The maximum absolute atomic E-state index is 5.59. The van der Waals surface area contributed by atoms with Gasteiger partial charge in [0.2, 0.25) is 0 Å². The van der Waals surface area contributed by atoms with Crippen molar-refractivity contribution in [3.05, 3.63) is 42.6 Å². The number of rotatable bonds is 8. The van der Waals surface area contributed by atoms with E-state index in [0.717, 1.165) is 31.8 Å². The fourth-order valence-corrected chi connectivity index (χ4v) is 2.46. The molecule has 0 aliphatic carbocycles. The van der Waals surface area contributed by atoms with Gasteiger partial charge in [-0.3, -0.25) is 4.90 Å². The normalized spacial score (nSPS) is 11.2. The van der Waals surface area contributed by atoms with Gasteiger partial charge in [-0.05, 0) is 43.7 Å². The molecule has 1 N–H and O–H groups in total. The van der Waals surface area contributed by atoms with Crippen molar-refractivity contribution in [3.63, 3.8) is 0 Å². The average molecular weight is 272 g/mol. The number of aromatic nitrogens is 1. The lowest BCUT2D eigenvalue weighted by atomic mass is 10.1. The molecular formula is C17H24N2O. The number of likely N-dealkylation sites (N-methyl/N-ethyl adjacent to an activating group) is 1. The molecule has 0 amide bonds. The first kappa shape index (κ1) is 14.7. The zero-order chi connectivity index (χ0) is 14.4. The Morgan fingerprint density at radius 3 is 2.90 bits per heavy atom. The van der Waals surface area contributed by atoms with Gasteiger partial charge in [-0.25, -0.2) is 0 Å². The molecule has 0 spiro atoms. The van der Waals surface area contributed by atoms with Crippen LogP contribution in [0.25, 0.3) is 10.9 Å². The summed E-state index contributed by atoms with van der Waals surface area (Å²) in [5.74, 6) is 0.944. The quantitative estimate of drug-likeness (QED) is 0.743. The van der Waals surface area contributed by atoms with Crippen molar-refractivity contribution in [1.29, 1.82) is 0 Å². The third-order valence-electron chi connectivity index (χ3n) is 3.58.